The lowest BCUT2D eigenvalue weighted by molar-refractivity contribution is 0.464. The molecule has 24 heavy (non-hydrogen) atoms. The van der Waals surface area contributed by atoms with Crippen LogP contribution in [0.15, 0.2) is 30.6 Å². The third kappa shape index (κ3) is 4.16. The third-order valence-electron chi connectivity index (χ3n) is 4.59. The Morgan fingerprint density at radius 3 is 2.46 bits per heavy atom. The second kappa shape index (κ2) is 7.99. The highest BCUT2D eigenvalue weighted by Gasteiger charge is 2.16. The summed E-state index contributed by atoms with van der Waals surface area (Å²) in [4.78, 5) is 8.50. The van der Waals surface area contributed by atoms with Gasteiger partial charge in [0.25, 0.3) is 0 Å². The molecule has 1 aliphatic rings. The smallest absolute Gasteiger partial charge is 0.248 e. The Kier molecular flexibility index (Phi) is 5.51. The zero-order chi connectivity index (χ0) is 16.8. The molecule has 0 spiro atoms. The van der Waals surface area contributed by atoms with Gasteiger partial charge in [-0.15, -0.1) is 0 Å². The lowest BCUT2D eigenvalue weighted by Crippen LogP contribution is -2.20. The zero-order valence-corrected chi connectivity index (χ0v) is 14.3. The summed E-state index contributed by atoms with van der Waals surface area (Å²) in [6, 6.07) is 8.42. The minimum Gasteiger partial charge on any atom is -0.437 e. The Bertz CT molecular complexity index is 649. The van der Waals surface area contributed by atoms with Crippen LogP contribution in [0.5, 0.6) is 11.6 Å². The molecule has 0 unspecified atom stereocenters. The number of nitrogens with zero attached hydrogens (tertiary/aromatic N) is 2. The fourth-order valence-corrected chi connectivity index (χ4v) is 3.10. The van der Waals surface area contributed by atoms with Crippen LogP contribution in [0, 0.1) is 0 Å². The van der Waals surface area contributed by atoms with E-state index in [4.69, 9.17) is 10.5 Å². The van der Waals surface area contributed by atoms with Gasteiger partial charge in [0.1, 0.15) is 17.8 Å². The predicted molar refractivity (Wildman–Crippen MR) is 97.5 cm³/mol. The molecule has 128 valence electrons. The lowest BCUT2D eigenvalue weighted by atomic mass is 10.1. The number of nitrogens with one attached hydrogen (secondary N) is 1. The molecule has 0 atom stereocenters. The van der Waals surface area contributed by atoms with Crippen LogP contribution in [0.25, 0.3) is 0 Å². The molecular weight excluding hydrogens is 300 g/mol. The summed E-state index contributed by atoms with van der Waals surface area (Å²) in [5.41, 5.74) is 7.98. The Labute approximate surface area is 143 Å². The highest BCUT2D eigenvalue weighted by molar-refractivity contribution is 5.67. The number of hydrogen-bond donors (Lipinski definition) is 2. The van der Waals surface area contributed by atoms with E-state index in [-0.39, 0.29) is 0 Å². The van der Waals surface area contributed by atoms with Gasteiger partial charge in [-0.2, -0.15) is 4.98 Å². The Morgan fingerprint density at radius 2 is 1.79 bits per heavy atom. The van der Waals surface area contributed by atoms with Gasteiger partial charge >= 0.3 is 0 Å². The van der Waals surface area contributed by atoms with E-state index in [0.29, 0.717) is 23.4 Å². The first-order valence-electron chi connectivity index (χ1n) is 8.90. The van der Waals surface area contributed by atoms with Gasteiger partial charge in [0.15, 0.2) is 5.82 Å². The van der Waals surface area contributed by atoms with Crippen molar-refractivity contribution in [2.75, 3.05) is 11.1 Å². The van der Waals surface area contributed by atoms with E-state index in [1.165, 1.54) is 37.6 Å². The molecule has 3 N–H and O–H groups in total. The van der Waals surface area contributed by atoms with Gasteiger partial charge in [-0.1, -0.05) is 44.7 Å². The summed E-state index contributed by atoms with van der Waals surface area (Å²) < 4.78 is 5.85. The van der Waals surface area contributed by atoms with Crippen molar-refractivity contribution in [3.63, 3.8) is 0 Å². The molecule has 1 fully saturated rings. The molecule has 0 aliphatic heterocycles. The second-order valence-electron chi connectivity index (χ2n) is 6.37. The van der Waals surface area contributed by atoms with Crippen molar-refractivity contribution in [2.24, 2.45) is 0 Å². The number of nitrogen functional groups attached to an aromatic ring is 1. The highest BCUT2D eigenvalue weighted by atomic mass is 16.5. The van der Waals surface area contributed by atoms with Crippen LogP contribution in [0.3, 0.4) is 0 Å². The van der Waals surface area contributed by atoms with E-state index < -0.39 is 0 Å². The van der Waals surface area contributed by atoms with Crippen LogP contribution < -0.4 is 15.8 Å². The Morgan fingerprint density at radius 1 is 1.08 bits per heavy atom. The number of rotatable bonds is 5. The molecule has 0 bridgehead atoms. The zero-order valence-electron chi connectivity index (χ0n) is 14.3. The minimum atomic E-state index is 0.408. The SMILES string of the molecule is CCc1ccc(Oc2ncnc(NC3CCCCCC3)c2N)cc1. The van der Waals surface area contributed by atoms with Crippen molar-refractivity contribution in [2.45, 2.75) is 57.9 Å². The summed E-state index contributed by atoms with van der Waals surface area (Å²) in [5, 5.41) is 3.48. The van der Waals surface area contributed by atoms with E-state index in [9.17, 15) is 0 Å². The molecule has 2 aromatic rings. The molecule has 1 aromatic carbocycles. The molecule has 1 saturated carbocycles. The Hall–Kier alpha value is -2.30. The first-order valence-corrected chi connectivity index (χ1v) is 8.90. The van der Waals surface area contributed by atoms with Crippen molar-refractivity contribution in [1.82, 2.24) is 9.97 Å². The van der Waals surface area contributed by atoms with E-state index in [2.05, 4.69) is 34.3 Å². The molecular formula is C19H26N4O. The highest BCUT2D eigenvalue weighted by Crippen LogP contribution is 2.31. The van der Waals surface area contributed by atoms with Crippen molar-refractivity contribution in [1.29, 1.82) is 0 Å². The van der Waals surface area contributed by atoms with E-state index in [1.54, 1.807) is 0 Å². The number of anilines is 2. The molecule has 1 heterocycles. The average molecular weight is 326 g/mol. The maximum absolute atomic E-state index is 6.23. The third-order valence-corrected chi connectivity index (χ3v) is 4.59. The summed E-state index contributed by atoms with van der Waals surface area (Å²) >= 11 is 0. The lowest BCUT2D eigenvalue weighted by Gasteiger charge is -2.18. The van der Waals surface area contributed by atoms with Gasteiger partial charge < -0.3 is 15.8 Å². The van der Waals surface area contributed by atoms with Crippen LogP contribution in [0.4, 0.5) is 11.5 Å². The minimum absolute atomic E-state index is 0.408. The molecule has 0 saturated heterocycles. The van der Waals surface area contributed by atoms with Crippen molar-refractivity contribution in [3.05, 3.63) is 36.2 Å². The maximum Gasteiger partial charge on any atom is 0.248 e. The number of aryl methyl sites for hydroxylation is 1. The van der Waals surface area contributed by atoms with Crippen molar-refractivity contribution >= 4 is 11.5 Å². The number of nitrogens with two attached hydrogens (primary N) is 1. The Balaban J connectivity index is 1.72. The fourth-order valence-electron chi connectivity index (χ4n) is 3.10. The van der Waals surface area contributed by atoms with Gasteiger partial charge in [-0.05, 0) is 37.0 Å². The molecule has 5 nitrogen and oxygen atoms in total. The molecule has 0 radical (unpaired) electrons. The summed E-state index contributed by atoms with van der Waals surface area (Å²) in [6.45, 7) is 2.13. The van der Waals surface area contributed by atoms with E-state index in [1.807, 2.05) is 12.1 Å². The van der Waals surface area contributed by atoms with E-state index >= 15 is 0 Å². The molecule has 1 aliphatic carbocycles. The normalized spacial score (nSPS) is 15.7. The first kappa shape index (κ1) is 16.6. The molecule has 0 amide bonds. The number of benzene rings is 1. The topological polar surface area (TPSA) is 73.1 Å². The molecule has 3 rings (SSSR count). The largest absolute Gasteiger partial charge is 0.437 e. The number of ether oxygens (including phenoxy) is 1. The van der Waals surface area contributed by atoms with E-state index in [0.717, 1.165) is 25.0 Å². The van der Waals surface area contributed by atoms with Crippen LogP contribution in [0.1, 0.15) is 51.0 Å². The summed E-state index contributed by atoms with van der Waals surface area (Å²) in [5.74, 6) is 1.82. The van der Waals surface area contributed by atoms with Gasteiger partial charge in [-0.25, -0.2) is 4.98 Å². The predicted octanol–water partition coefficient (Wildman–Crippen LogP) is 4.55. The maximum atomic E-state index is 6.23. The second-order valence-corrected chi connectivity index (χ2v) is 6.37. The summed E-state index contributed by atoms with van der Waals surface area (Å²) in [7, 11) is 0. The van der Waals surface area contributed by atoms with Crippen LogP contribution >= 0.6 is 0 Å². The average Bonchev–Trinajstić information content (AvgIpc) is 2.88. The van der Waals surface area contributed by atoms with Gasteiger partial charge in [0.05, 0.1) is 0 Å². The van der Waals surface area contributed by atoms with Crippen molar-refractivity contribution in [3.8, 4) is 11.6 Å². The van der Waals surface area contributed by atoms with Gasteiger partial charge in [0, 0.05) is 6.04 Å². The summed E-state index contributed by atoms with van der Waals surface area (Å²) in [6.07, 6.45) is 10.00. The van der Waals surface area contributed by atoms with Crippen LogP contribution in [-0.4, -0.2) is 16.0 Å². The molecule has 5 heteroatoms. The molecule has 1 aromatic heterocycles. The fraction of sp³-hybridized carbons (Fsp3) is 0.474. The number of hydrogen-bond acceptors (Lipinski definition) is 5. The number of aromatic nitrogens is 2. The standard InChI is InChI=1S/C19H26N4O/c1-2-14-9-11-16(12-10-14)24-19-17(20)18(21-13-22-19)23-15-7-5-3-4-6-8-15/h9-13,15H,2-8,20H2,1H3,(H,21,22,23). The van der Waals surface area contributed by atoms with Crippen LogP contribution in [0.2, 0.25) is 0 Å². The van der Waals surface area contributed by atoms with Gasteiger partial charge in [-0.3, -0.25) is 0 Å². The first-order chi connectivity index (χ1) is 11.8. The van der Waals surface area contributed by atoms with Gasteiger partial charge in [0.2, 0.25) is 5.88 Å². The quantitative estimate of drug-likeness (QED) is 0.789. The van der Waals surface area contributed by atoms with Crippen molar-refractivity contribution < 1.29 is 4.74 Å². The van der Waals surface area contributed by atoms with Crippen LogP contribution in [-0.2, 0) is 6.42 Å². The monoisotopic (exact) mass is 326 g/mol.